The molecule has 6 nitrogen and oxygen atoms in total. The number of nitrogens with zero attached hydrogens (tertiary/aromatic N) is 1. The van der Waals surface area contributed by atoms with Crippen molar-refractivity contribution in [2.45, 2.75) is 19.4 Å². The molecule has 3 rings (SSSR count). The van der Waals surface area contributed by atoms with Gasteiger partial charge in [-0.3, -0.25) is 4.79 Å². The van der Waals surface area contributed by atoms with Gasteiger partial charge in [-0.05, 0) is 52.2 Å². The van der Waals surface area contributed by atoms with Crippen LogP contribution in [0.5, 0.6) is 0 Å². The molecule has 0 aliphatic heterocycles. The van der Waals surface area contributed by atoms with Gasteiger partial charge in [0.05, 0.1) is 16.3 Å². The molecule has 0 aliphatic rings. The van der Waals surface area contributed by atoms with Gasteiger partial charge >= 0.3 is 6.15 Å². The van der Waals surface area contributed by atoms with E-state index in [1.54, 1.807) is 12.1 Å². The van der Waals surface area contributed by atoms with Gasteiger partial charge < -0.3 is 10.7 Å². The Labute approximate surface area is 161 Å². The van der Waals surface area contributed by atoms with Gasteiger partial charge in [0, 0.05) is 6.04 Å². The average Bonchev–Trinajstić information content (AvgIpc) is 2.65. The lowest BCUT2D eigenvalue weighted by molar-refractivity contribution is -0.191. The summed E-state index contributed by atoms with van der Waals surface area (Å²) in [5, 5.41) is -0.0168. The van der Waals surface area contributed by atoms with E-state index >= 15 is 0 Å². The minimum Gasteiger partial charge on any atom is -0.324 e. The van der Waals surface area contributed by atoms with Crippen LogP contribution in [0.25, 0.3) is 10.9 Å². The van der Waals surface area contributed by atoms with Gasteiger partial charge in [-0.25, -0.2) is 13.8 Å². The smallest absolute Gasteiger partial charge is 0.324 e. The van der Waals surface area contributed by atoms with Crippen molar-refractivity contribution in [3.05, 3.63) is 74.7 Å². The van der Waals surface area contributed by atoms with Crippen molar-refractivity contribution in [2.24, 2.45) is 5.73 Å². The summed E-state index contributed by atoms with van der Waals surface area (Å²) in [5.74, 6) is -0.793. The predicted octanol–water partition coefficient (Wildman–Crippen LogP) is 3.48. The summed E-state index contributed by atoms with van der Waals surface area (Å²) in [6, 6.07) is 9.49. The first kappa shape index (κ1) is 22.3. The van der Waals surface area contributed by atoms with E-state index in [2.05, 4.69) is 25.9 Å². The molecular formula is C18H16BrF2N3O3. The predicted molar refractivity (Wildman–Crippen MR) is 98.6 cm³/mol. The van der Waals surface area contributed by atoms with Gasteiger partial charge in [0.25, 0.3) is 5.56 Å². The topological polar surface area (TPSA) is 106 Å². The number of rotatable bonds is 2. The lowest BCUT2D eigenvalue weighted by Crippen LogP contribution is -2.08. The van der Waals surface area contributed by atoms with Crippen molar-refractivity contribution in [3.63, 3.8) is 0 Å². The van der Waals surface area contributed by atoms with Crippen LogP contribution >= 0.6 is 15.9 Å². The highest BCUT2D eigenvalue weighted by molar-refractivity contribution is 9.10. The lowest BCUT2D eigenvalue weighted by atomic mass is 10.1. The summed E-state index contributed by atoms with van der Waals surface area (Å²) in [6.07, 6.45) is 2.33. The Balaban J connectivity index is 0.000000239. The monoisotopic (exact) mass is 439 g/mol. The van der Waals surface area contributed by atoms with Crippen molar-refractivity contribution in [3.8, 4) is 0 Å². The van der Waals surface area contributed by atoms with Crippen LogP contribution < -0.4 is 11.3 Å². The molecule has 0 saturated heterocycles. The van der Waals surface area contributed by atoms with Gasteiger partial charge in [-0.1, -0.05) is 19.1 Å². The molecule has 0 radical (unpaired) electrons. The summed E-state index contributed by atoms with van der Waals surface area (Å²) in [7, 11) is 0. The van der Waals surface area contributed by atoms with E-state index in [9.17, 15) is 13.6 Å². The second kappa shape index (κ2) is 11.1. The SMILES string of the molecule is CCC(N)c1cccc(F)c1.O=C=O.O=c1[nH]cnc2ccc(Br)c(F)c12. The van der Waals surface area contributed by atoms with E-state index in [0.717, 1.165) is 12.0 Å². The summed E-state index contributed by atoms with van der Waals surface area (Å²) in [6.45, 7) is 1.98. The molecule has 142 valence electrons. The lowest BCUT2D eigenvalue weighted by Gasteiger charge is -2.07. The largest absolute Gasteiger partial charge is 0.373 e. The minimum absolute atomic E-state index is 0.0168. The highest BCUT2D eigenvalue weighted by Crippen LogP contribution is 2.20. The molecule has 2 aromatic carbocycles. The van der Waals surface area contributed by atoms with E-state index in [1.807, 2.05) is 13.0 Å². The van der Waals surface area contributed by atoms with Crippen molar-refractivity contribution in [1.82, 2.24) is 9.97 Å². The first-order chi connectivity index (χ1) is 12.8. The van der Waals surface area contributed by atoms with Crippen molar-refractivity contribution in [2.75, 3.05) is 0 Å². The molecule has 3 N–H and O–H groups in total. The second-order valence-electron chi connectivity index (χ2n) is 5.14. The van der Waals surface area contributed by atoms with E-state index in [1.165, 1.54) is 24.5 Å². The van der Waals surface area contributed by atoms with Gasteiger partial charge in [-0.15, -0.1) is 0 Å². The first-order valence-corrected chi connectivity index (χ1v) is 8.46. The van der Waals surface area contributed by atoms with Crippen LogP contribution in [0.2, 0.25) is 0 Å². The number of aromatic nitrogens is 2. The summed E-state index contributed by atoms with van der Waals surface area (Å²) in [5.41, 5.74) is 6.45. The molecule has 9 heteroatoms. The number of carbonyl (C=O) groups excluding carboxylic acids is 2. The third-order valence-electron chi connectivity index (χ3n) is 3.42. The molecule has 0 spiro atoms. The summed E-state index contributed by atoms with van der Waals surface area (Å²) < 4.78 is 26.2. The second-order valence-corrected chi connectivity index (χ2v) is 5.99. The van der Waals surface area contributed by atoms with Gasteiger partial charge in [0.2, 0.25) is 0 Å². The highest BCUT2D eigenvalue weighted by Gasteiger charge is 2.08. The Morgan fingerprint density at radius 3 is 2.52 bits per heavy atom. The van der Waals surface area contributed by atoms with E-state index < -0.39 is 11.4 Å². The van der Waals surface area contributed by atoms with Crippen molar-refractivity contribution in [1.29, 1.82) is 0 Å². The van der Waals surface area contributed by atoms with Crippen LogP contribution in [-0.4, -0.2) is 16.1 Å². The fraction of sp³-hybridized carbons (Fsp3) is 0.167. The van der Waals surface area contributed by atoms with E-state index in [0.29, 0.717) is 5.52 Å². The zero-order valence-corrected chi connectivity index (χ0v) is 15.8. The molecule has 0 amide bonds. The maximum atomic E-state index is 13.4. The number of halogens is 3. The Morgan fingerprint density at radius 1 is 1.26 bits per heavy atom. The molecule has 27 heavy (non-hydrogen) atoms. The first-order valence-electron chi connectivity index (χ1n) is 7.67. The normalized spacial score (nSPS) is 10.7. The van der Waals surface area contributed by atoms with Crippen molar-refractivity contribution < 1.29 is 18.4 Å². The number of benzene rings is 2. The molecule has 1 aromatic heterocycles. The van der Waals surface area contributed by atoms with Crippen LogP contribution in [-0.2, 0) is 9.59 Å². The Hall–Kier alpha value is -2.74. The molecule has 1 atom stereocenters. The number of nitrogens with two attached hydrogens (primary N) is 1. The number of hydrogen-bond acceptors (Lipinski definition) is 5. The third kappa shape index (κ3) is 6.49. The maximum Gasteiger partial charge on any atom is 0.373 e. The number of fused-ring (bicyclic) bond motifs is 1. The number of hydrogen-bond donors (Lipinski definition) is 2. The average molecular weight is 440 g/mol. The van der Waals surface area contributed by atoms with Crippen LogP contribution in [0.4, 0.5) is 8.78 Å². The fourth-order valence-electron chi connectivity index (χ4n) is 2.07. The zero-order chi connectivity index (χ0) is 20.4. The van der Waals surface area contributed by atoms with Gasteiger partial charge in [0.1, 0.15) is 11.2 Å². The van der Waals surface area contributed by atoms with Gasteiger partial charge in [-0.2, -0.15) is 9.59 Å². The number of nitrogens with one attached hydrogen (secondary N) is 1. The number of aromatic amines is 1. The van der Waals surface area contributed by atoms with Gasteiger partial charge in [0.15, 0.2) is 5.82 Å². The molecule has 3 aromatic rings. The Bertz CT molecular complexity index is 989. The van der Waals surface area contributed by atoms with E-state index in [-0.39, 0.29) is 27.9 Å². The number of H-pyrrole nitrogens is 1. The molecule has 0 bridgehead atoms. The molecule has 0 fully saturated rings. The molecule has 0 saturated carbocycles. The molecule has 0 aliphatic carbocycles. The van der Waals surface area contributed by atoms with Crippen LogP contribution in [0.3, 0.4) is 0 Å². The molecule has 1 unspecified atom stereocenters. The maximum absolute atomic E-state index is 13.4. The summed E-state index contributed by atoms with van der Waals surface area (Å²) >= 11 is 2.99. The van der Waals surface area contributed by atoms with Crippen LogP contribution in [0, 0.1) is 11.6 Å². The van der Waals surface area contributed by atoms with Crippen molar-refractivity contribution >= 4 is 33.0 Å². The quantitative estimate of drug-likeness (QED) is 0.635. The van der Waals surface area contributed by atoms with Crippen LogP contribution in [0.1, 0.15) is 24.9 Å². The molecule has 1 heterocycles. The standard InChI is InChI=1S/C9H12FN.C8H4BrFN2O.CO2/c1-2-9(11)7-4-3-5-8(10)6-7;9-4-1-2-5-6(7(4)10)8(13)12-3-11-5;2-1-3/h3-6,9H,2,11H2,1H3;1-3H,(H,11,12,13);. The third-order valence-corrected chi connectivity index (χ3v) is 4.03. The van der Waals surface area contributed by atoms with E-state index in [4.69, 9.17) is 15.3 Å². The zero-order valence-electron chi connectivity index (χ0n) is 14.2. The minimum atomic E-state index is -0.577. The fourth-order valence-corrected chi connectivity index (χ4v) is 2.40. The Morgan fingerprint density at radius 2 is 1.93 bits per heavy atom. The molecular weight excluding hydrogens is 424 g/mol. The summed E-state index contributed by atoms with van der Waals surface area (Å²) in [4.78, 5) is 33.6. The Kier molecular flexibility index (Phi) is 9.15. The van der Waals surface area contributed by atoms with Crippen LogP contribution in [0.15, 0.2) is 52.0 Å². The highest BCUT2D eigenvalue weighted by atomic mass is 79.9.